The predicted octanol–water partition coefficient (Wildman–Crippen LogP) is 2.09. The van der Waals surface area contributed by atoms with Crippen molar-refractivity contribution in [1.29, 1.82) is 0 Å². The van der Waals surface area contributed by atoms with Gasteiger partial charge in [-0.25, -0.2) is 0 Å². The quantitative estimate of drug-likeness (QED) is 0.688. The van der Waals surface area contributed by atoms with E-state index in [4.69, 9.17) is 5.73 Å². The van der Waals surface area contributed by atoms with Crippen molar-refractivity contribution >= 4 is 0 Å². The first-order chi connectivity index (χ1) is 5.99. The van der Waals surface area contributed by atoms with E-state index in [2.05, 4.69) is 39.5 Å². The Labute approximate surface area is 83.5 Å². The highest BCUT2D eigenvalue weighted by atomic mass is 15.1. The first kappa shape index (κ1) is 12.9. The summed E-state index contributed by atoms with van der Waals surface area (Å²) in [5, 5.41) is 0. The third-order valence-electron chi connectivity index (χ3n) is 3.07. The third kappa shape index (κ3) is 4.10. The van der Waals surface area contributed by atoms with E-state index < -0.39 is 0 Å². The Morgan fingerprint density at radius 3 is 2.08 bits per heavy atom. The molecule has 0 saturated carbocycles. The van der Waals surface area contributed by atoms with E-state index >= 15 is 0 Å². The fourth-order valence-electron chi connectivity index (χ4n) is 1.47. The molecule has 0 heterocycles. The van der Waals surface area contributed by atoms with Crippen molar-refractivity contribution < 1.29 is 0 Å². The van der Waals surface area contributed by atoms with Crippen molar-refractivity contribution in [3.63, 3.8) is 0 Å². The van der Waals surface area contributed by atoms with E-state index in [1.165, 1.54) is 0 Å². The Morgan fingerprint density at radius 1 is 1.31 bits per heavy atom. The van der Waals surface area contributed by atoms with Gasteiger partial charge in [-0.2, -0.15) is 0 Å². The molecule has 2 N–H and O–H groups in total. The molecule has 0 aliphatic carbocycles. The first-order valence-electron chi connectivity index (χ1n) is 5.43. The van der Waals surface area contributed by atoms with E-state index in [0.717, 1.165) is 26.1 Å². The number of rotatable bonds is 6. The van der Waals surface area contributed by atoms with E-state index in [9.17, 15) is 0 Å². The molecule has 0 aromatic rings. The number of hydrogen-bond donors (Lipinski definition) is 1. The molecule has 2 nitrogen and oxygen atoms in total. The number of hydrogen-bond acceptors (Lipinski definition) is 2. The van der Waals surface area contributed by atoms with E-state index in [1.807, 2.05) is 0 Å². The molecule has 0 bridgehead atoms. The van der Waals surface area contributed by atoms with Gasteiger partial charge in [0.25, 0.3) is 0 Å². The molecular weight excluding hydrogens is 160 g/mol. The minimum Gasteiger partial charge on any atom is -0.330 e. The SMILES string of the molecule is CCN(CC(C)(CC)CN)C(C)C. The van der Waals surface area contributed by atoms with Gasteiger partial charge in [-0.05, 0) is 38.8 Å². The van der Waals surface area contributed by atoms with Crippen molar-refractivity contribution in [3.05, 3.63) is 0 Å². The van der Waals surface area contributed by atoms with Crippen molar-refractivity contribution in [2.75, 3.05) is 19.6 Å². The first-order valence-corrected chi connectivity index (χ1v) is 5.43. The maximum atomic E-state index is 5.79. The van der Waals surface area contributed by atoms with Gasteiger partial charge in [0.2, 0.25) is 0 Å². The molecule has 0 fully saturated rings. The van der Waals surface area contributed by atoms with Crippen molar-refractivity contribution in [2.24, 2.45) is 11.1 Å². The zero-order valence-electron chi connectivity index (χ0n) is 9.93. The van der Waals surface area contributed by atoms with Crippen molar-refractivity contribution in [2.45, 2.75) is 47.1 Å². The Kier molecular flexibility index (Phi) is 5.57. The molecule has 13 heavy (non-hydrogen) atoms. The summed E-state index contributed by atoms with van der Waals surface area (Å²) < 4.78 is 0. The highest BCUT2D eigenvalue weighted by molar-refractivity contribution is 4.79. The minimum atomic E-state index is 0.292. The maximum absolute atomic E-state index is 5.79. The fourth-order valence-corrected chi connectivity index (χ4v) is 1.47. The summed E-state index contributed by atoms with van der Waals surface area (Å²) >= 11 is 0. The Bertz CT molecular complexity index is 128. The van der Waals surface area contributed by atoms with Crippen LogP contribution in [-0.4, -0.2) is 30.6 Å². The summed E-state index contributed by atoms with van der Waals surface area (Å²) in [6.07, 6.45) is 1.16. The molecule has 0 saturated heterocycles. The standard InChI is InChI=1S/C11H26N2/c1-6-11(5,8-12)9-13(7-2)10(3)4/h10H,6-9,12H2,1-5H3. The molecule has 0 radical (unpaired) electrons. The van der Waals surface area contributed by atoms with Crippen LogP contribution in [0.4, 0.5) is 0 Å². The second kappa shape index (κ2) is 5.61. The van der Waals surface area contributed by atoms with E-state index in [-0.39, 0.29) is 0 Å². The molecule has 1 unspecified atom stereocenters. The summed E-state index contributed by atoms with van der Waals surface area (Å²) in [6.45, 7) is 14.2. The zero-order valence-corrected chi connectivity index (χ0v) is 9.93. The third-order valence-corrected chi connectivity index (χ3v) is 3.07. The molecular formula is C11H26N2. The van der Waals surface area contributed by atoms with Gasteiger partial charge in [0, 0.05) is 12.6 Å². The van der Waals surface area contributed by atoms with Gasteiger partial charge in [-0.15, -0.1) is 0 Å². The summed E-state index contributed by atoms with van der Waals surface area (Å²) in [6, 6.07) is 0.627. The molecule has 1 atom stereocenters. The van der Waals surface area contributed by atoms with Gasteiger partial charge in [0.05, 0.1) is 0 Å². The van der Waals surface area contributed by atoms with E-state index in [1.54, 1.807) is 0 Å². The van der Waals surface area contributed by atoms with Crippen molar-refractivity contribution in [1.82, 2.24) is 4.90 Å². The van der Waals surface area contributed by atoms with Crippen LogP contribution < -0.4 is 5.73 Å². The average molecular weight is 186 g/mol. The zero-order chi connectivity index (χ0) is 10.5. The van der Waals surface area contributed by atoms with Gasteiger partial charge >= 0.3 is 0 Å². The monoisotopic (exact) mass is 186 g/mol. The van der Waals surface area contributed by atoms with Crippen LogP contribution in [0.3, 0.4) is 0 Å². The Morgan fingerprint density at radius 2 is 1.85 bits per heavy atom. The van der Waals surface area contributed by atoms with Crippen LogP contribution in [0.15, 0.2) is 0 Å². The van der Waals surface area contributed by atoms with Crippen LogP contribution in [0.2, 0.25) is 0 Å². The van der Waals surface area contributed by atoms with Crippen molar-refractivity contribution in [3.8, 4) is 0 Å². The van der Waals surface area contributed by atoms with E-state index in [0.29, 0.717) is 11.5 Å². The lowest BCUT2D eigenvalue weighted by molar-refractivity contribution is 0.140. The lowest BCUT2D eigenvalue weighted by Gasteiger charge is -2.35. The van der Waals surface area contributed by atoms with Crippen LogP contribution in [0.1, 0.15) is 41.0 Å². The minimum absolute atomic E-state index is 0.292. The van der Waals surface area contributed by atoms with Gasteiger partial charge in [-0.1, -0.05) is 20.8 Å². The number of nitrogens with zero attached hydrogens (tertiary/aromatic N) is 1. The predicted molar refractivity (Wildman–Crippen MR) is 59.8 cm³/mol. The Hall–Kier alpha value is -0.0800. The van der Waals surface area contributed by atoms with Crippen LogP contribution in [0.5, 0.6) is 0 Å². The molecule has 0 spiro atoms. The van der Waals surface area contributed by atoms with Crippen LogP contribution in [0.25, 0.3) is 0 Å². The molecule has 2 heteroatoms. The highest BCUT2D eigenvalue weighted by Gasteiger charge is 2.23. The summed E-state index contributed by atoms with van der Waals surface area (Å²) in [4.78, 5) is 2.48. The van der Waals surface area contributed by atoms with Gasteiger partial charge < -0.3 is 10.6 Å². The largest absolute Gasteiger partial charge is 0.330 e. The second-order valence-electron chi connectivity index (χ2n) is 4.53. The summed E-state index contributed by atoms with van der Waals surface area (Å²) in [5.41, 5.74) is 6.09. The topological polar surface area (TPSA) is 29.3 Å². The van der Waals surface area contributed by atoms with Crippen LogP contribution in [-0.2, 0) is 0 Å². The maximum Gasteiger partial charge on any atom is 0.00499 e. The second-order valence-corrected chi connectivity index (χ2v) is 4.53. The normalized spacial score (nSPS) is 16.6. The van der Waals surface area contributed by atoms with Crippen LogP contribution in [0, 0.1) is 5.41 Å². The molecule has 0 aromatic heterocycles. The molecule has 80 valence electrons. The van der Waals surface area contributed by atoms with Gasteiger partial charge in [-0.3, -0.25) is 0 Å². The Balaban J connectivity index is 4.19. The molecule has 0 amide bonds. The molecule has 0 aromatic carbocycles. The molecule has 0 rings (SSSR count). The highest BCUT2D eigenvalue weighted by Crippen LogP contribution is 2.21. The van der Waals surface area contributed by atoms with Gasteiger partial charge in [0.15, 0.2) is 0 Å². The molecule has 0 aliphatic rings. The summed E-state index contributed by atoms with van der Waals surface area (Å²) in [5.74, 6) is 0. The number of nitrogens with two attached hydrogens (primary N) is 1. The lowest BCUT2D eigenvalue weighted by atomic mass is 9.87. The van der Waals surface area contributed by atoms with Gasteiger partial charge in [0.1, 0.15) is 0 Å². The summed E-state index contributed by atoms with van der Waals surface area (Å²) in [7, 11) is 0. The lowest BCUT2D eigenvalue weighted by Crippen LogP contribution is -2.43. The smallest absolute Gasteiger partial charge is 0.00499 e. The average Bonchev–Trinajstić information content (AvgIpc) is 2.13. The molecule has 0 aliphatic heterocycles. The van der Waals surface area contributed by atoms with Crippen LogP contribution >= 0.6 is 0 Å². The fraction of sp³-hybridized carbons (Fsp3) is 1.00.